The van der Waals surface area contributed by atoms with E-state index in [1.807, 2.05) is 0 Å². The molecule has 1 spiro atoms. The lowest BCUT2D eigenvalue weighted by Crippen LogP contribution is -2.49. The van der Waals surface area contributed by atoms with Crippen LogP contribution in [0.3, 0.4) is 0 Å². The summed E-state index contributed by atoms with van der Waals surface area (Å²) in [5.74, 6) is 0.958. The molecule has 1 saturated heterocycles. The minimum atomic E-state index is 0.210. The van der Waals surface area contributed by atoms with E-state index in [9.17, 15) is 0 Å². The molecular formula is C12H23NO. The molecule has 2 fully saturated rings. The van der Waals surface area contributed by atoms with Gasteiger partial charge < -0.3 is 10.1 Å². The molecule has 2 heteroatoms. The molecule has 0 amide bonds. The summed E-state index contributed by atoms with van der Waals surface area (Å²) in [6.07, 6.45) is 8.05. The molecule has 14 heavy (non-hydrogen) atoms. The van der Waals surface area contributed by atoms with E-state index in [0.717, 1.165) is 25.6 Å². The Balaban J connectivity index is 1.92. The lowest BCUT2D eigenvalue weighted by molar-refractivity contribution is -0.0756. The fourth-order valence-electron chi connectivity index (χ4n) is 2.89. The van der Waals surface area contributed by atoms with Crippen LogP contribution in [-0.2, 0) is 4.74 Å². The average molecular weight is 197 g/mol. The lowest BCUT2D eigenvalue weighted by atomic mass is 9.92. The summed E-state index contributed by atoms with van der Waals surface area (Å²) in [5, 5.41) is 3.48. The van der Waals surface area contributed by atoms with E-state index < -0.39 is 0 Å². The van der Waals surface area contributed by atoms with E-state index in [2.05, 4.69) is 12.2 Å². The Labute approximate surface area is 87.4 Å². The Morgan fingerprint density at radius 2 is 2.29 bits per heavy atom. The molecule has 82 valence electrons. The van der Waals surface area contributed by atoms with Gasteiger partial charge in [0.15, 0.2) is 0 Å². The zero-order valence-corrected chi connectivity index (χ0v) is 9.35. The van der Waals surface area contributed by atoms with Gasteiger partial charge in [0.25, 0.3) is 0 Å². The number of hydrogen-bond donors (Lipinski definition) is 1. The first-order valence-electron chi connectivity index (χ1n) is 6.19. The van der Waals surface area contributed by atoms with Gasteiger partial charge in [-0.2, -0.15) is 0 Å². The molecule has 0 radical (unpaired) electrons. The smallest absolute Gasteiger partial charge is 0.0807 e. The van der Waals surface area contributed by atoms with Crippen LogP contribution < -0.4 is 5.32 Å². The molecule has 0 aromatic rings. The summed E-state index contributed by atoms with van der Waals surface area (Å²) in [7, 11) is 0. The molecule has 1 aliphatic carbocycles. The highest BCUT2D eigenvalue weighted by Crippen LogP contribution is 2.34. The van der Waals surface area contributed by atoms with Crippen molar-refractivity contribution in [3.63, 3.8) is 0 Å². The van der Waals surface area contributed by atoms with Crippen LogP contribution in [0.5, 0.6) is 0 Å². The van der Waals surface area contributed by atoms with Crippen molar-refractivity contribution in [3.05, 3.63) is 0 Å². The second-order valence-corrected chi connectivity index (χ2v) is 4.91. The van der Waals surface area contributed by atoms with Crippen molar-refractivity contribution in [2.24, 2.45) is 5.92 Å². The highest BCUT2D eigenvalue weighted by molar-refractivity contribution is 4.89. The Bertz CT molecular complexity index is 175. The predicted octanol–water partition coefficient (Wildman–Crippen LogP) is 2.34. The van der Waals surface area contributed by atoms with Gasteiger partial charge in [0.05, 0.1) is 12.2 Å². The Hall–Kier alpha value is -0.0800. The fourth-order valence-corrected chi connectivity index (χ4v) is 2.89. The van der Waals surface area contributed by atoms with Crippen LogP contribution in [0, 0.1) is 5.92 Å². The van der Waals surface area contributed by atoms with Crippen LogP contribution in [-0.4, -0.2) is 25.3 Å². The number of rotatable bonds is 1. The van der Waals surface area contributed by atoms with E-state index in [4.69, 9.17) is 4.74 Å². The van der Waals surface area contributed by atoms with E-state index >= 15 is 0 Å². The summed E-state index contributed by atoms with van der Waals surface area (Å²) in [4.78, 5) is 0. The molecule has 2 rings (SSSR count). The third-order valence-electron chi connectivity index (χ3n) is 3.96. The molecule has 1 N–H and O–H groups in total. The van der Waals surface area contributed by atoms with Crippen molar-refractivity contribution in [3.8, 4) is 0 Å². The Morgan fingerprint density at radius 1 is 1.36 bits per heavy atom. The van der Waals surface area contributed by atoms with Gasteiger partial charge in [0.2, 0.25) is 0 Å². The number of morpholine rings is 1. The van der Waals surface area contributed by atoms with Crippen molar-refractivity contribution in [2.45, 2.75) is 51.0 Å². The summed E-state index contributed by atoms with van der Waals surface area (Å²) in [6.45, 7) is 5.36. The van der Waals surface area contributed by atoms with Crippen LogP contribution in [0.1, 0.15) is 45.4 Å². The van der Waals surface area contributed by atoms with Gasteiger partial charge in [-0.05, 0) is 25.2 Å². The molecule has 0 aromatic heterocycles. The zero-order chi connectivity index (χ0) is 9.86. The molecule has 2 nitrogen and oxygen atoms in total. The fraction of sp³-hybridized carbons (Fsp3) is 1.00. The second kappa shape index (κ2) is 4.63. The summed E-state index contributed by atoms with van der Waals surface area (Å²) >= 11 is 0. The average Bonchev–Trinajstić information content (AvgIpc) is 2.42. The monoisotopic (exact) mass is 197 g/mol. The molecular weight excluding hydrogens is 174 g/mol. The van der Waals surface area contributed by atoms with Gasteiger partial charge in [0.1, 0.15) is 0 Å². The van der Waals surface area contributed by atoms with Crippen molar-refractivity contribution >= 4 is 0 Å². The highest BCUT2D eigenvalue weighted by Gasteiger charge is 2.35. The molecule has 2 atom stereocenters. The van der Waals surface area contributed by atoms with Gasteiger partial charge in [-0.3, -0.25) is 0 Å². The highest BCUT2D eigenvalue weighted by atomic mass is 16.5. The largest absolute Gasteiger partial charge is 0.372 e. The van der Waals surface area contributed by atoms with E-state index in [1.54, 1.807) is 0 Å². The van der Waals surface area contributed by atoms with E-state index in [0.29, 0.717) is 0 Å². The normalized spacial score (nSPS) is 39.6. The van der Waals surface area contributed by atoms with Crippen molar-refractivity contribution in [1.29, 1.82) is 0 Å². The van der Waals surface area contributed by atoms with Gasteiger partial charge >= 0.3 is 0 Å². The van der Waals surface area contributed by atoms with E-state index in [-0.39, 0.29) is 5.60 Å². The van der Waals surface area contributed by atoms with Gasteiger partial charge in [0, 0.05) is 13.1 Å². The molecule has 0 aromatic carbocycles. The maximum atomic E-state index is 6.02. The van der Waals surface area contributed by atoms with Crippen molar-refractivity contribution < 1.29 is 4.74 Å². The van der Waals surface area contributed by atoms with Crippen LogP contribution in [0.15, 0.2) is 0 Å². The third kappa shape index (κ3) is 2.29. The number of ether oxygens (including phenoxy) is 1. The van der Waals surface area contributed by atoms with Crippen LogP contribution >= 0.6 is 0 Å². The van der Waals surface area contributed by atoms with E-state index in [1.165, 1.54) is 38.5 Å². The summed E-state index contributed by atoms with van der Waals surface area (Å²) < 4.78 is 6.02. The van der Waals surface area contributed by atoms with Crippen LogP contribution in [0.4, 0.5) is 0 Å². The first-order chi connectivity index (χ1) is 6.85. The topological polar surface area (TPSA) is 21.3 Å². The third-order valence-corrected chi connectivity index (χ3v) is 3.96. The van der Waals surface area contributed by atoms with Crippen LogP contribution in [0.25, 0.3) is 0 Å². The molecule has 2 aliphatic rings. The Morgan fingerprint density at radius 3 is 3.00 bits per heavy atom. The maximum Gasteiger partial charge on any atom is 0.0807 e. The van der Waals surface area contributed by atoms with Gasteiger partial charge in [-0.1, -0.05) is 26.2 Å². The van der Waals surface area contributed by atoms with Crippen molar-refractivity contribution in [2.75, 3.05) is 19.7 Å². The Kier molecular flexibility index (Phi) is 3.45. The van der Waals surface area contributed by atoms with Gasteiger partial charge in [-0.25, -0.2) is 0 Å². The predicted molar refractivity (Wildman–Crippen MR) is 58.4 cm³/mol. The minimum absolute atomic E-state index is 0.210. The maximum absolute atomic E-state index is 6.02. The summed E-state index contributed by atoms with van der Waals surface area (Å²) in [6, 6.07) is 0. The SMILES string of the molecule is CCC1CCCC2(CC1)CNCCO2. The molecule has 1 aliphatic heterocycles. The molecule has 1 saturated carbocycles. The first kappa shape index (κ1) is 10.4. The first-order valence-corrected chi connectivity index (χ1v) is 6.19. The minimum Gasteiger partial charge on any atom is -0.372 e. The van der Waals surface area contributed by atoms with Crippen LogP contribution in [0.2, 0.25) is 0 Å². The number of hydrogen-bond acceptors (Lipinski definition) is 2. The molecule has 1 heterocycles. The van der Waals surface area contributed by atoms with Crippen molar-refractivity contribution in [1.82, 2.24) is 5.32 Å². The second-order valence-electron chi connectivity index (χ2n) is 4.91. The zero-order valence-electron chi connectivity index (χ0n) is 9.35. The standard InChI is InChI=1S/C12H23NO/c1-2-11-4-3-6-12(7-5-11)10-13-8-9-14-12/h11,13H,2-10H2,1H3. The number of nitrogens with one attached hydrogen (secondary N) is 1. The molecule has 0 bridgehead atoms. The quantitative estimate of drug-likeness (QED) is 0.696. The van der Waals surface area contributed by atoms with Gasteiger partial charge in [-0.15, -0.1) is 0 Å². The lowest BCUT2D eigenvalue weighted by Gasteiger charge is -2.37. The summed E-state index contributed by atoms with van der Waals surface area (Å²) in [5.41, 5.74) is 0.210. The molecule has 2 unspecified atom stereocenters.